The first-order valence-electron chi connectivity index (χ1n) is 5.94. The van der Waals surface area contributed by atoms with E-state index in [1.165, 1.54) is 17.4 Å². The molecule has 4 nitrogen and oxygen atoms in total. The fraction of sp³-hybridized carbons (Fsp3) is 0. The fourth-order valence-electron chi connectivity index (χ4n) is 1.96. The minimum atomic E-state index is -0.559. The quantitative estimate of drug-likeness (QED) is 0.735. The van der Waals surface area contributed by atoms with Crippen LogP contribution in [0.2, 0.25) is 0 Å². The first-order valence-corrected chi connectivity index (χ1v) is 7.55. The molecular formula is C14H9BrFN3OS. The summed E-state index contributed by atoms with van der Waals surface area (Å²) in [6.45, 7) is 0. The Morgan fingerprint density at radius 2 is 2.19 bits per heavy atom. The number of carbonyl (C=O) groups is 1. The summed E-state index contributed by atoms with van der Waals surface area (Å²) in [5.74, 6) is -0.987. The van der Waals surface area contributed by atoms with Crippen molar-refractivity contribution in [3.63, 3.8) is 0 Å². The van der Waals surface area contributed by atoms with E-state index in [-0.39, 0.29) is 5.69 Å². The number of carbonyl (C=O) groups excluding carboxylic acids is 1. The lowest BCUT2D eigenvalue weighted by molar-refractivity contribution is 0.100. The van der Waals surface area contributed by atoms with Gasteiger partial charge in [0, 0.05) is 27.0 Å². The number of hydrogen-bond acceptors (Lipinski definition) is 4. The molecule has 3 N–H and O–H groups in total. The molecule has 0 aliphatic heterocycles. The highest BCUT2D eigenvalue weighted by molar-refractivity contribution is 9.10. The highest BCUT2D eigenvalue weighted by Gasteiger charge is 2.17. The van der Waals surface area contributed by atoms with Gasteiger partial charge in [-0.25, -0.2) is 4.39 Å². The molecular weight excluding hydrogens is 357 g/mol. The molecule has 0 fully saturated rings. The monoisotopic (exact) mass is 365 g/mol. The number of hydrogen-bond donors (Lipinski definition) is 2. The number of rotatable bonds is 3. The maximum absolute atomic E-state index is 14.0. The van der Waals surface area contributed by atoms with Crippen molar-refractivity contribution < 1.29 is 9.18 Å². The Bertz CT molecular complexity index is 849. The summed E-state index contributed by atoms with van der Waals surface area (Å²) in [7, 11) is 0. The Kier molecular flexibility index (Phi) is 3.60. The zero-order valence-electron chi connectivity index (χ0n) is 10.6. The number of pyridine rings is 1. The zero-order valence-corrected chi connectivity index (χ0v) is 13.0. The maximum Gasteiger partial charge on any atom is 0.260 e. The number of aromatic nitrogens is 1. The van der Waals surface area contributed by atoms with E-state index in [9.17, 15) is 9.18 Å². The summed E-state index contributed by atoms with van der Waals surface area (Å²) < 4.78 is 15.5. The van der Waals surface area contributed by atoms with Crippen molar-refractivity contribution in [1.82, 2.24) is 4.98 Å². The van der Waals surface area contributed by atoms with Crippen LogP contribution in [0, 0.1) is 5.82 Å². The topological polar surface area (TPSA) is 68.0 Å². The number of fused-ring (bicyclic) bond motifs is 1. The van der Waals surface area contributed by atoms with Gasteiger partial charge in [-0.1, -0.05) is 15.9 Å². The molecule has 2 aromatic heterocycles. The Morgan fingerprint density at radius 1 is 1.38 bits per heavy atom. The summed E-state index contributed by atoms with van der Waals surface area (Å²) >= 11 is 4.45. The number of nitrogens with zero attached hydrogens (tertiary/aromatic N) is 1. The van der Waals surface area contributed by atoms with Crippen LogP contribution in [0.3, 0.4) is 0 Å². The summed E-state index contributed by atoms with van der Waals surface area (Å²) in [6.07, 6.45) is 3.25. The Hall–Kier alpha value is -1.99. The van der Waals surface area contributed by atoms with Gasteiger partial charge in [0.05, 0.1) is 11.4 Å². The van der Waals surface area contributed by atoms with Crippen molar-refractivity contribution in [3.05, 3.63) is 51.8 Å². The molecule has 3 aromatic rings. The van der Waals surface area contributed by atoms with Gasteiger partial charge in [-0.15, -0.1) is 11.3 Å². The fourth-order valence-corrected chi connectivity index (χ4v) is 3.28. The number of amides is 1. The number of benzene rings is 1. The highest BCUT2D eigenvalue weighted by atomic mass is 79.9. The second-order valence-electron chi connectivity index (χ2n) is 4.29. The number of halogens is 2. The molecule has 0 spiro atoms. The molecule has 21 heavy (non-hydrogen) atoms. The summed E-state index contributed by atoms with van der Waals surface area (Å²) in [4.78, 5) is 16.0. The first-order chi connectivity index (χ1) is 10.1. The van der Waals surface area contributed by atoms with Crippen molar-refractivity contribution >= 4 is 54.6 Å². The SMILES string of the molecule is NC(=O)c1sc2ccncc2c1Nc1ccc(Br)cc1F. The molecule has 3 rings (SSSR count). The van der Waals surface area contributed by atoms with Gasteiger partial charge >= 0.3 is 0 Å². The number of primary amides is 1. The van der Waals surface area contributed by atoms with E-state index >= 15 is 0 Å². The number of anilines is 2. The third-order valence-corrected chi connectivity index (χ3v) is 4.58. The number of thiophene rings is 1. The van der Waals surface area contributed by atoms with Crippen LogP contribution >= 0.6 is 27.3 Å². The smallest absolute Gasteiger partial charge is 0.260 e. The molecule has 106 valence electrons. The molecule has 0 atom stereocenters. The normalized spacial score (nSPS) is 10.8. The average Bonchev–Trinajstić information content (AvgIpc) is 2.81. The predicted octanol–water partition coefficient (Wildman–Crippen LogP) is 4.04. The molecule has 0 aliphatic carbocycles. The van der Waals surface area contributed by atoms with Crippen LogP contribution in [-0.4, -0.2) is 10.9 Å². The Balaban J connectivity index is 2.14. The lowest BCUT2D eigenvalue weighted by Gasteiger charge is -2.08. The second-order valence-corrected chi connectivity index (χ2v) is 6.26. The molecule has 0 bridgehead atoms. The van der Waals surface area contributed by atoms with Crippen LogP contribution in [0.25, 0.3) is 10.1 Å². The molecule has 1 amide bonds. The standard InChI is InChI=1S/C14H9BrFN3OS/c15-7-1-2-10(9(16)5-7)19-12-8-6-18-4-3-11(8)21-13(12)14(17)20/h1-6,19H,(H2,17,20). The molecule has 0 radical (unpaired) electrons. The minimum absolute atomic E-state index is 0.268. The van der Waals surface area contributed by atoms with Gasteiger partial charge in [0.25, 0.3) is 5.91 Å². The van der Waals surface area contributed by atoms with Gasteiger partial charge in [0.1, 0.15) is 10.7 Å². The summed E-state index contributed by atoms with van der Waals surface area (Å²) in [6, 6.07) is 6.43. The van der Waals surface area contributed by atoms with E-state index in [0.717, 1.165) is 10.1 Å². The maximum atomic E-state index is 14.0. The van der Waals surface area contributed by atoms with Crippen LogP contribution in [0.1, 0.15) is 9.67 Å². The van der Waals surface area contributed by atoms with E-state index in [4.69, 9.17) is 5.73 Å². The van der Waals surface area contributed by atoms with Crippen molar-refractivity contribution in [1.29, 1.82) is 0 Å². The van der Waals surface area contributed by atoms with Crippen molar-refractivity contribution in [2.75, 3.05) is 5.32 Å². The molecule has 0 saturated heterocycles. The van der Waals surface area contributed by atoms with Crippen LogP contribution in [0.4, 0.5) is 15.8 Å². The molecule has 0 aliphatic rings. The molecule has 1 aromatic carbocycles. The van der Waals surface area contributed by atoms with Gasteiger partial charge in [-0.05, 0) is 24.3 Å². The third-order valence-electron chi connectivity index (χ3n) is 2.90. The Morgan fingerprint density at radius 3 is 2.90 bits per heavy atom. The lowest BCUT2D eigenvalue weighted by Crippen LogP contribution is -2.11. The molecule has 2 heterocycles. The van der Waals surface area contributed by atoms with Gasteiger partial charge < -0.3 is 11.1 Å². The average molecular weight is 366 g/mol. The van der Waals surface area contributed by atoms with Gasteiger partial charge in [-0.3, -0.25) is 9.78 Å². The van der Waals surface area contributed by atoms with E-state index in [1.54, 1.807) is 30.6 Å². The summed E-state index contributed by atoms with van der Waals surface area (Å²) in [5.41, 5.74) is 6.16. The lowest BCUT2D eigenvalue weighted by atomic mass is 10.2. The van der Waals surface area contributed by atoms with Crippen LogP contribution in [-0.2, 0) is 0 Å². The molecule has 0 saturated carbocycles. The summed E-state index contributed by atoms with van der Waals surface area (Å²) in [5, 5.41) is 3.68. The van der Waals surface area contributed by atoms with Gasteiger partial charge in [-0.2, -0.15) is 0 Å². The van der Waals surface area contributed by atoms with Crippen molar-refractivity contribution in [2.24, 2.45) is 5.73 Å². The molecule has 7 heteroatoms. The van der Waals surface area contributed by atoms with Crippen molar-refractivity contribution in [3.8, 4) is 0 Å². The van der Waals surface area contributed by atoms with E-state index in [1.807, 2.05) is 0 Å². The first kappa shape index (κ1) is 14.0. The van der Waals surface area contributed by atoms with E-state index in [2.05, 4.69) is 26.2 Å². The minimum Gasteiger partial charge on any atom is -0.365 e. The Labute approximate surface area is 131 Å². The van der Waals surface area contributed by atoms with E-state index < -0.39 is 11.7 Å². The second kappa shape index (κ2) is 5.42. The highest BCUT2D eigenvalue weighted by Crippen LogP contribution is 2.37. The van der Waals surface area contributed by atoms with Crippen LogP contribution < -0.4 is 11.1 Å². The van der Waals surface area contributed by atoms with Gasteiger partial charge in [0.15, 0.2) is 0 Å². The van der Waals surface area contributed by atoms with Crippen LogP contribution in [0.5, 0.6) is 0 Å². The van der Waals surface area contributed by atoms with Crippen molar-refractivity contribution in [2.45, 2.75) is 0 Å². The third kappa shape index (κ3) is 2.62. The van der Waals surface area contributed by atoms with E-state index in [0.29, 0.717) is 15.0 Å². The predicted molar refractivity (Wildman–Crippen MR) is 85.5 cm³/mol. The zero-order chi connectivity index (χ0) is 15.0. The van der Waals surface area contributed by atoms with Crippen LogP contribution in [0.15, 0.2) is 41.1 Å². The largest absolute Gasteiger partial charge is 0.365 e. The number of nitrogens with two attached hydrogens (primary N) is 1. The number of nitrogens with one attached hydrogen (secondary N) is 1. The van der Waals surface area contributed by atoms with Gasteiger partial charge in [0.2, 0.25) is 0 Å². The molecule has 0 unspecified atom stereocenters.